The smallest absolute Gasteiger partial charge is 0.227 e. The number of nitrogens with one attached hydrogen (secondary N) is 1. The molecule has 1 aliphatic rings. The van der Waals surface area contributed by atoms with Crippen LogP contribution in [0, 0.1) is 5.92 Å². The molecule has 3 nitrogen and oxygen atoms in total. The third kappa shape index (κ3) is 4.95. The van der Waals surface area contributed by atoms with Gasteiger partial charge in [0.05, 0.1) is 0 Å². The largest absolute Gasteiger partial charge is 0.328 e. The van der Waals surface area contributed by atoms with Gasteiger partial charge in [0.25, 0.3) is 0 Å². The van der Waals surface area contributed by atoms with Crippen LogP contribution in [0.5, 0.6) is 0 Å². The summed E-state index contributed by atoms with van der Waals surface area (Å²) in [7, 11) is 0. The molecule has 4 heteroatoms. The van der Waals surface area contributed by atoms with E-state index in [0.29, 0.717) is 11.8 Å². The molecule has 1 saturated carbocycles. The molecule has 1 aliphatic carbocycles. The van der Waals surface area contributed by atoms with E-state index in [9.17, 15) is 4.79 Å². The molecular formula is C19H31ClN2O. The lowest BCUT2D eigenvalue weighted by Crippen LogP contribution is -2.34. The normalized spacial score (nSPS) is 21.2. The van der Waals surface area contributed by atoms with E-state index in [1.165, 1.54) is 11.1 Å². The Labute approximate surface area is 146 Å². The molecule has 130 valence electrons. The fraction of sp³-hybridized carbons (Fsp3) is 0.632. The Kier molecular flexibility index (Phi) is 7.56. The summed E-state index contributed by atoms with van der Waals surface area (Å²) in [5.41, 5.74) is 9.50. The van der Waals surface area contributed by atoms with Crippen molar-refractivity contribution in [2.24, 2.45) is 11.7 Å². The van der Waals surface area contributed by atoms with Gasteiger partial charge in [-0.1, -0.05) is 52.3 Å². The van der Waals surface area contributed by atoms with Crippen LogP contribution in [-0.2, 0) is 4.79 Å². The van der Waals surface area contributed by atoms with Gasteiger partial charge in [-0.05, 0) is 42.2 Å². The molecule has 2 rings (SSSR count). The number of para-hydroxylation sites is 1. The summed E-state index contributed by atoms with van der Waals surface area (Å²) in [6, 6.07) is 6.52. The Balaban J connectivity index is 0.00000264. The summed E-state index contributed by atoms with van der Waals surface area (Å²) in [6.45, 7) is 8.69. The van der Waals surface area contributed by atoms with E-state index in [1.54, 1.807) is 0 Å². The molecule has 23 heavy (non-hydrogen) atoms. The number of rotatable bonds is 4. The number of carbonyl (C=O) groups is 1. The maximum Gasteiger partial charge on any atom is 0.227 e. The number of amides is 1. The van der Waals surface area contributed by atoms with E-state index in [2.05, 4.69) is 51.2 Å². The zero-order chi connectivity index (χ0) is 16.3. The molecule has 0 aromatic heterocycles. The molecule has 0 heterocycles. The van der Waals surface area contributed by atoms with Gasteiger partial charge in [-0.3, -0.25) is 4.79 Å². The van der Waals surface area contributed by atoms with E-state index in [4.69, 9.17) is 5.73 Å². The summed E-state index contributed by atoms with van der Waals surface area (Å²) in [6.07, 6.45) is 3.87. The van der Waals surface area contributed by atoms with E-state index in [0.717, 1.165) is 31.4 Å². The Morgan fingerprint density at radius 3 is 2.17 bits per heavy atom. The van der Waals surface area contributed by atoms with Gasteiger partial charge in [0.2, 0.25) is 5.91 Å². The quantitative estimate of drug-likeness (QED) is 0.827. The second-order valence-electron chi connectivity index (χ2n) is 7.23. The summed E-state index contributed by atoms with van der Waals surface area (Å²) < 4.78 is 0. The van der Waals surface area contributed by atoms with Gasteiger partial charge in [-0.15, -0.1) is 12.4 Å². The van der Waals surface area contributed by atoms with Gasteiger partial charge >= 0.3 is 0 Å². The minimum absolute atomic E-state index is 0. The molecule has 1 aromatic rings. The number of nitrogens with two attached hydrogens (primary N) is 1. The maximum atomic E-state index is 12.7. The van der Waals surface area contributed by atoms with E-state index < -0.39 is 0 Å². The number of carbonyl (C=O) groups excluding carboxylic acids is 1. The Bertz CT molecular complexity index is 502. The second kappa shape index (κ2) is 8.70. The third-order valence-electron chi connectivity index (χ3n) is 4.71. The van der Waals surface area contributed by atoms with Crippen molar-refractivity contribution in [2.75, 3.05) is 5.32 Å². The zero-order valence-electron chi connectivity index (χ0n) is 14.8. The van der Waals surface area contributed by atoms with Crippen molar-refractivity contribution in [1.29, 1.82) is 0 Å². The van der Waals surface area contributed by atoms with Gasteiger partial charge in [0.1, 0.15) is 0 Å². The van der Waals surface area contributed by atoms with E-state index in [1.807, 2.05) is 0 Å². The molecule has 2 atom stereocenters. The van der Waals surface area contributed by atoms with Gasteiger partial charge in [-0.2, -0.15) is 0 Å². The summed E-state index contributed by atoms with van der Waals surface area (Å²) in [5.74, 6) is 0.986. The summed E-state index contributed by atoms with van der Waals surface area (Å²) in [4.78, 5) is 12.7. The van der Waals surface area contributed by atoms with Crippen molar-refractivity contribution in [3.05, 3.63) is 29.3 Å². The molecule has 1 aromatic carbocycles. The molecule has 1 fully saturated rings. The first-order valence-electron chi connectivity index (χ1n) is 8.59. The standard InChI is InChI=1S/C19H30N2O.ClH/c1-12(2)16-9-6-10-17(13(3)4)18(16)21-19(22)14-7-5-8-15(20)11-14;/h6,9-10,12-15H,5,7-8,11,20H2,1-4H3,(H,21,22);1H. The highest BCUT2D eigenvalue weighted by molar-refractivity contribution is 5.94. The fourth-order valence-electron chi connectivity index (χ4n) is 3.39. The molecule has 0 radical (unpaired) electrons. The second-order valence-corrected chi connectivity index (χ2v) is 7.23. The lowest BCUT2D eigenvalue weighted by Gasteiger charge is -2.27. The number of anilines is 1. The first-order chi connectivity index (χ1) is 10.4. The highest BCUT2D eigenvalue weighted by Gasteiger charge is 2.26. The van der Waals surface area contributed by atoms with Crippen molar-refractivity contribution in [1.82, 2.24) is 0 Å². The third-order valence-corrected chi connectivity index (χ3v) is 4.71. The predicted octanol–water partition coefficient (Wildman–Crippen LogP) is 4.81. The van der Waals surface area contributed by atoms with Crippen molar-refractivity contribution >= 4 is 24.0 Å². The van der Waals surface area contributed by atoms with Crippen LogP contribution >= 0.6 is 12.4 Å². The minimum atomic E-state index is 0. The van der Waals surface area contributed by atoms with Gasteiger partial charge < -0.3 is 11.1 Å². The molecule has 0 bridgehead atoms. The summed E-state index contributed by atoms with van der Waals surface area (Å²) in [5, 5.41) is 3.24. The number of hydrogen-bond donors (Lipinski definition) is 2. The van der Waals surface area contributed by atoms with E-state index >= 15 is 0 Å². The Morgan fingerprint density at radius 1 is 1.13 bits per heavy atom. The Morgan fingerprint density at radius 2 is 1.70 bits per heavy atom. The lowest BCUT2D eigenvalue weighted by molar-refractivity contribution is -0.120. The topological polar surface area (TPSA) is 55.1 Å². The fourth-order valence-corrected chi connectivity index (χ4v) is 3.39. The highest BCUT2D eigenvalue weighted by atomic mass is 35.5. The zero-order valence-corrected chi connectivity index (χ0v) is 15.6. The highest BCUT2D eigenvalue weighted by Crippen LogP contribution is 2.33. The van der Waals surface area contributed by atoms with Crippen LogP contribution in [0.15, 0.2) is 18.2 Å². The van der Waals surface area contributed by atoms with Crippen LogP contribution < -0.4 is 11.1 Å². The molecule has 3 N–H and O–H groups in total. The first-order valence-corrected chi connectivity index (χ1v) is 8.59. The molecule has 0 saturated heterocycles. The number of benzene rings is 1. The van der Waals surface area contributed by atoms with Gasteiger partial charge in [0, 0.05) is 17.6 Å². The maximum absolute atomic E-state index is 12.7. The van der Waals surface area contributed by atoms with Crippen molar-refractivity contribution in [3.63, 3.8) is 0 Å². The van der Waals surface area contributed by atoms with Crippen LogP contribution in [0.1, 0.15) is 76.3 Å². The van der Waals surface area contributed by atoms with Crippen LogP contribution in [0.25, 0.3) is 0 Å². The average Bonchev–Trinajstić information content (AvgIpc) is 2.46. The number of halogens is 1. The average molecular weight is 339 g/mol. The summed E-state index contributed by atoms with van der Waals surface area (Å²) >= 11 is 0. The Hall–Kier alpha value is -1.06. The van der Waals surface area contributed by atoms with E-state index in [-0.39, 0.29) is 30.3 Å². The minimum Gasteiger partial charge on any atom is -0.328 e. The van der Waals surface area contributed by atoms with Crippen LogP contribution in [0.4, 0.5) is 5.69 Å². The molecule has 0 aliphatic heterocycles. The molecule has 2 unspecified atom stereocenters. The van der Waals surface area contributed by atoms with Crippen LogP contribution in [0.3, 0.4) is 0 Å². The SMILES string of the molecule is CC(C)c1cccc(C(C)C)c1NC(=O)C1CCCC(N)C1.Cl. The van der Waals surface area contributed by atoms with Crippen LogP contribution in [0.2, 0.25) is 0 Å². The van der Waals surface area contributed by atoms with Crippen molar-refractivity contribution in [3.8, 4) is 0 Å². The predicted molar refractivity (Wildman–Crippen MR) is 100 cm³/mol. The van der Waals surface area contributed by atoms with Gasteiger partial charge in [0.15, 0.2) is 0 Å². The molecular weight excluding hydrogens is 308 g/mol. The molecule has 1 amide bonds. The van der Waals surface area contributed by atoms with Crippen molar-refractivity contribution in [2.45, 2.75) is 71.3 Å². The van der Waals surface area contributed by atoms with Gasteiger partial charge in [-0.25, -0.2) is 0 Å². The van der Waals surface area contributed by atoms with Crippen molar-refractivity contribution < 1.29 is 4.79 Å². The monoisotopic (exact) mass is 338 g/mol. The number of hydrogen-bond acceptors (Lipinski definition) is 2. The lowest BCUT2D eigenvalue weighted by atomic mass is 9.85. The first kappa shape index (κ1) is 20.0. The van der Waals surface area contributed by atoms with Crippen LogP contribution in [-0.4, -0.2) is 11.9 Å². The molecule has 0 spiro atoms.